The van der Waals surface area contributed by atoms with Gasteiger partial charge in [-0.1, -0.05) is 20.8 Å². The molecule has 2 nitrogen and oxygen atoms in total. The Balaban J connectivity index is 2.49. The second-order valence-corrected chi connectivity index (χ2v) is 5.14. The smallest absolute Gasteiger partial charge is 0.136 e. The van der Waals surface area contributed by atoms with Crippen molar-refractivity contribution < 1.29 is 4.79 Å². The van der Waals surface area contributed by atoms with E-state index >= 15 is 0 Å². The molecule has 0 saturated heterocycles. The molecule has 1 saturated carbocycles. The lowest BCUT2D eigenvalue weighted by atomic mass is 9.88. The van der Waals surface area contributed by atoms with Crippen molar-refractivity contribution in [2.75, 3.05) is 13.1 Å². The third-order valence-corrected chi connectivity index (χ3v) is 3.13. The lowest BCUT2D eigenvalue weighted by molar-refractivity contribution is -0.125. The Morgan fingerprint density at radius 3 is 2.36 bits per heavy atom. The summed E-state index contributed by atoms with van der Waals surface area (Å²) in [6, 6.07) is 0.772. The van der Waals surface area contributed by atoms with Crippen molar-refractivity contribution in [3.8, 4) is 0 Å². The molecular formula is C12H23NO. The first-order chi connectivity index (χ1) is 6.47. The third kappa shape index (κ3) is 3.09. The summed E-state index contributed by atoms with van der Waals surface area (Å²) in [5.41, 5.74) is -0.169. The number of carbonyl (C=O) groups excluding carboxylic acids is 1. The number of Topliss-reactive ketones (excluding diaryl/α,β-unsaturated/α-hetero) is 1. The summed E-state index contributed by atoms with van der Waals surface area (Å²) < 4.78 is 0. The third-order valence-electron chi connectivity index (χ3n) is 3.13. The standard InChI is InChI=1S/C12H23NO/c1-5-8-13(11-6-7-11)9-12(3,4)10(2)14/h11H,5-9H2,1-4H3. The average Bonchev–Trinajstić information content (AvgIpc) is 2.85. The summed E-state index contributed by atoms with van der Waals surface area (Å²) in [5, 5.41) is 0. The monoisotopic (exact) mass is 197 g/mol. The molecule has 1 aliphatic rings. The van der Waals surface area contributed by atoms with Crippen LogP contribution < -0.4 is 0 Å². The molecule has 0 aromatic carbocycles. The van der Waals surface area contributed by atoms with Crippen molar-refractivity contribution in [1.82, 2.24) is 4.90 Å². The highest BCUT2D eigenvalue weighted by Gasteiger charge is 2.34. The quantitative estimate of drug-likeness (QED) is 0.652. The van der Waals surface area contributed by atoms with Gasteiger partial charge in [0.1, 0.15) is 5.78 Å². The highest BCUT2D eigenvalue weighted by molar-refractivity contribution is 5.81. The molecule has 2 heteroatoms. The van der Waals surface area contributed by atoms with Gasteiger partial charge in [0.15, 0.2) is 0 Å². The van der Waals surface area contributed by atoms with Crippen LogP contribution in [0.15, 0.2) is 0 Å². The zero-order valence-electron chi connectivity index (χ0n) is 9.97. The molecule has 0 amide bonds. The SMILES string of the molecule is CCCN(CC(C)(C)C(C)=O)C1CC1. The molecule has 1 rings (SSSR count). The van der Waals surface area contributed by atoms with Crippen LogP contribution >= 0.6 is 0 Å². The fourth-order valence-corrected chi connectivity index (χ4v) is 1.74. The summed E-state index contributed by atoms with van der Waals surface area (Å²) >= 11 is 0. The van der Waals surface area contributed by atoms with E-state index in [9.17, 15) is 4.79 Å². The van der Waals surface area contributed by atoms with Crippen LogP contribution in [0.4, 0.5) is 0 Å². The molecular weight excluding hydrogens is 174 g/mol. The predicted molar refractivity (Wildman–Crippen MR) is 59.3 cm³/mol. The van der Waals surface area contributed by atoms with Gasteiger partial charge in [0.25, 0.3) is 0 Å². The minimum Gasteiger partial charge on any atom is -0.299 e. The van der Waals surface area contributed by atoms with Crippen molar-refractivity contribution in [1.29, 1.82) is 0 Å². The first kappa shape index (κ1) is 11.7. The van der Waals surface area contributed by atoms with Crippen LogP contribution in [-0.2, 0) is 4.79 Å². The number of rotatable bonds is 6. The van der Waals surface area contributed by atoms with Gasteiger partial charge in [-0.2, -0.15) is 0 Å². The maximum Gasteiger partial charge on any atom is 0.136 e. The summed E-state index contributed by atoms with van der Waals surface area (Å²) in [7, 11) is 0. The molecule has 0 spiro atoms. The zero-order valence-corrected chi connectivity index (χ0v) is 9.97. The van der Waals surface area contributed by atoms with Crippen LogP contribution in [0, 0.1) is 5.41 Å². The van der Waals surface area contributed by atoms with E-state index in [-0.39, 0.29) is 5.41 Å². The van der Waals surface area contributed by atoms with Gasteiger partial charge in [0.2, 0.25) is 0 Å². The van der Waals surface area contributed by atoms with Crippen molar-refractivity contribution in [2.24, 2.45) is 5.41 Å². The zero-order chi connectivity index (χ0) is 10.8. The van der Waals surface area contributed by atoms with Crippen LogP contribution in [-0.4, -0.2) is 29.8 Å². The first-order valence-electron chi connectivity index (χ1n) is 5.72. The fraction of sp³-hybridized carbons (Fsp3) is 0.917. The van der Waals surface area contributed by atoms with Gasteiger partial charge in [-0.15, -0.1) is 0 Å². The molecule has 0 aromatic rings. The van der Waals surface area contributed by atoms with Gasteiger partial charge < -0.3 is 0 Å². The molecule has 0 aromatic heterocycles. The van der Waals surface area contributed by atoms with Crippen LogP contribution in [0.3, 0.4) is 0 Å². The van der Waals surface area contributed by atoms with E-state index in [1.807, 2.05) is 0 Å². The minimum absolute atomic E-state index is 0.169. The van der Waals surface area contributed by atoms with Crippen LogP contribution in [0.2, 0.25) is 0 Å². The normalized spacial score (nSPS) is 17.5. The van der Waals surface area contributed by atoms with Crippen LogP contribution in [0.5, 0.6) is 0 Å². The number of carbonyl (C=O) groups is 1. The van der Waals surface area contributed by atoms with Crippen LogP contribution in [0.1, 0.15) is 47.0 Å². The highest BCUT2D eigenvalue weighted by atomic mass is 16.1. The largest absolute Gasteiger partial charge is 0.299 e. The summed E-state index contributed by atoms with van der Waals surface area (Å²) in [6.45, 7) is 10.1. The van der Waals surface area contributed by atoms with Gasteiger partial charge in [0.05, 0.1) is 0 Å². The Labute approximate surface area is 87.7 Å². The molecule has 0 heterocycles. The molecule has 0 radical (unpaired) electrons. The van der Waals surface area contributed by atoms with Gasteiger partial charge in [-0.05, 0) is 32.7 Å². The summed E-state index contributed by atoms with van der Waals surface area (Å²) in [5.74, 6) is 0.305. The summed E-state index contributed by atoms with van der Waals surface area (Å²) in [4.78, 5) is 13.9. The predicted octanol–water partition coefficient (Wildman–Crippen LogP) is 2.48. The van der Waals surface area contributed by atoms with Crippen LogP contribution in [0.25, 0.3) is 0 Å². The fourth-order valence-electron chi connectivity index (χ4n) is 1.74. The van der Waals surface area contributed by atoms with Crippen molar-refractivity contribution in [2.45, 2.75) is 53.0 Å². The van der Waals surface area contributed by atoms with E-state index < -0.39 is 0 Å². The van der Waals surface area contributed by atoms with Crippen molar-refractivity contribution >= 4 is 5.78 Å². The molecule has 1 aliphatic carbocycles. The van der Waals surface area contributed by atoms with E-state index in [1.54, 1.807) is 6.92 Å². The lowest BCUT2D eigenvalue weighted by Crippen LogP contribution is -2.39. The van der Waals surface area contributed by atoms with Gasteiger partial charge >= 0.3 is 0 Å². The molecule has 14 heavy (non-hydrogen) atoms. The van der Waals surface area contributed by atoms with E-state index in [0.717, 1.165) is 19.1 Å². The first-order valence-corrected chi connectivity index (χ1v) is 5.72. The Morgan fingerprint density at radius 2 is 2.00 bits per heavy atom. The van der Waals surface area contributed by atoms with E-state index in [0.29, 0.717) is 5.78 Å². The topological polar surface area (TPSA) is 20.3 Å². The second-order valence-electron chi connectivity index (χ2n) is 5.14. The molecule has 0 unspecified atom stereocenters. The summed E-state index contributed by atoms with van der Waals surface area (Å²) in [6.07, 6.45) is 3.84. The number of hydrogen-bond donors (Lipinski definition) is 0. The average molecular weight is 197 g/mol. The molecule has 1 fully saturated rings. The minimum atomic E-state index is -0.169. The van der Waals surface area contributed by atoms with Gasteiger partial charge in [-0.3, -0.25) is 9.69 Å². The molecule has 0 atom stereocenters. The van der Waals surface area contributed by atoms with E-state index in [2.05, 4.69) is 25.7 Å². The Bertz CT molecular complexity index is 206. The van der Waals surface area contributed by atoms with Crippen molar-refractivity contribution in [3.63, 3.8) is 0 Å². The molecule has 0 aliphatic heterocycles. The number of nitrogens with zero attached hydrogens (tertiary/aromatic N) is 1. The molecule has 82 valence electrons. The lowest BCUT2D eigenvalue weighted by Gasteiger charge is -2.30. The van der Waals surface area contributed by atoms with Gasteiger partial charge in [0, 0.05) is 18.0 Å². The maximum atomic E-state index is 11.4. The van der Waals surface area contributed by atoms with E-state index in [1.165, 1.54) is 19.3 Å². The van der Waals surface area contributed by atoms with Gasteiger partial charge in [-0.25, -0.2) is 0 Å². The Hall–Kier alpha value is -0.370. The molecule has 0 N–H and O–H groups in total. The number of hydrogen-bond acceptors (Lipinski definition) is 2. The van der Waals surface area contributed by atoms with E-state index in [4.69, 9.17) is 0 Å². The Kier molecular flexibility index (Phi) is 3.71. The second kappa shape index (κ2) is 4.43. The van der Waals surface area contributed by atoms with Crippen molar-refractivity contribution in [3.05, 3.63) is 0 Å². The highest BCUT2D eigenvalue weighted by Crippen LogP contribution is 2.30. The maximum absolute atomic E-state index is 11.4. The number of ketones is 1. The molecule has 0 bridgehead atoms. The Morgan fingerprint density at radius 1 is 1.43 bits per heavy atom.